The molecule has 1 aliphatic carbocycles. The molecule has 1 aliphatic rings. The number of nitrogens with zero attached hydrogens (tertiary/aromatic N) is 3. The second kappa shape index (κ2) is 10.3. The van der Waals surface area contributed by atoms with Crippen LogP contribution in [0.5, 0.6) is 5.75 Å². The number of benzene rings is 2. The predicted molar refractivity (Wildman–Crippen MR) is 135 cm³/mol. The molecule has 2 atom stereocenters. The monoisotopic (exact) mass is 462 g/mol. The van der Waals surface area contributed by atoms with Crippen molar-refractivity contribution < 1.29 is 9.26 Å². The highest BCUT2D eigenvalue weighted by Crippen LogP contribution is 2.37. The number of nitrogens with one attached hydrogen (secondary N) is 1. The standard InChI is InChI=1S/C26H30N4O2S/c1-5-33(4)14-13-28-23-11-10-20-21(23)7-6-8-22(20)25-29-26(32-30-25)18-9-12-24(31-17(2)3)19(15-18)16-27/h5-9,12,15,17,23,28H,10-11,13-14H2,1-4H3. The van der Waals surface area contributed by atoms with Gasteiger partial charge in [0, 0.05) is 29.5 Å². The number of hydrogen-bond acceptors (Lipinski definition) is 6. The zero-order valence-electron chi connectivity index (χ0n) is 19.6. The minimum atomic E-state index is -0.00903. The lowest BCUT2D eigenvalue weighted by Gasteiger charge is -2.15. The Kier molecular flexibility index (Phi) is 7.26. The Bertz CT molecular complexity index is 1210. The molecule has 0 radical (unpaired) electrons. The van der Waals surface area contributed by atoms with E-state index in [2.05, 4.69) is 58.3 Å². The van der Waals surface area contributed by atoms with Crippen molar-refractivity contribution in [1.82, 2.24) is 15.5 Å². The van der Waals surface area contributed by atoms with Crippen LogP contribution in [0, 0.1) is 11.3 Å². The Labute approximate surface area is 197 Å². The highest BCUT2D eigenvalue weighted by atomic mass is 32.2. The highest BCUT2D eigenvalue weighted by molar-refractivity contribution is 8.14. The van der Waals surface area contributed by atoms with Crippen LogP contribution < -0.4 is 10.1 Å². The van der Waals surface area contributed by atoms with Crippen LogP contribution in [0.2, 0.25) is 0 Å². The molecular formula is C26H30N4O2S. The van der Waals surface area contributed by atoms with Gasteiger partial charge in [0.2, 0.25) is 5.82 Å². The fraction of sp³-hybridized carbons (Fsp3) is 0.385. The van der Waals surface area contributed by atoms with E-state index in [1.165, 1.54) is 16.9 Å². The van der Waals surface area contributed by atoms with Crippen molar-refractivity contribution in [2.75, 3.05) is 18.6 Å². The van der Waals surface area contributed by atoms with E-state index in [4.69, 9.17) is 9.26 Å². The maximum absolute atomic E-state index is 9.52. The first-order valence-corrected chi connectivity index (χ1v) is 13.2. The number of fused-ring (bicyclic) bond motifs is 1. The van der Waals surface area contributed by atoms with Crippen LogP contribution in [0.25, 0.3) is 22.8 Å². The van der Waals surface area contributed by atoms with Crippen molar-refractivity contribution >= 4 is 15.9 Å². The molecule has 0 saturated carbocycles. The number of rotatable bonds is 8. The van der Waals surface area contributed by atoms with Crippen molar-refractivity contribution in [3.05, 3.63) is 53.1 Å². The first-order chi connectivity index (χ1) is 16.0. The lowest BCUT2D eigenvalue weighted by atomic mass is 10.0. The molecule has 2 unspecified atom stereocenters. The summed E-state index contributed by atoms with van der Waals surface area (Å²) >= 11 is 0. The molecule has 1 N–H and O–H groups in total. The summed E-state index contributed by atoms with van der Waals surface area (Å²) in [6, 6.07) is 14.3. The maximum atomic E-state index is 9.52. The Morgan fingerprint density at radius 2 is 2.18 bits per heavy atom. The Morgan fingerprint density at radius 3 is 2.94 bits per heavy atom. The quantitative estimate of drug-likeness (QED) is 0.454. The van der Waals surface area contributed by atoms with Gasteiger partial charge in [-0.05, 0) is 69.2 Å². The zero-order valence-corrected chi connectivity index (χ0v) is 20.4. The molecule has 172 valence electrons. The molecule has 3 aromatic rings. The lowest BCUT2D eigenvalue weighted by molar-refractivity contribution is 0.241. The third kappa shape index (κ3) is 5.18. The summed E-state index contributed by atoms with van der Waals surface area (Å²) in [6.07, 6.45) is 4.34. The summed E-state index contributed by atoms with van der Waals surface area (Å²) in [5, 5.41) is 19.8. The van der Waals surface area contributed by atoms with Crippen LogP contribution >= 0.6 is 10.5 Å². The van der Waals surface area contributed by atoms with E-state index >= 15 is 0 Å². The molecule has 4 rings (SSSR count). The topological polar surface area (TPSA) is 84.0 Å². The van der Waals surface area contributed by atoms with Crippen LogP contribution in [-0.2, 0) is 6.42 Å². The van der Waals surface area contributed by atoms with Crippen molar-refractivity contribution in [3.8, 4) is 34.7 Å². The molecule has 0 aliphatic heterocycles. The number of hydrogen-bond donors (Lipinski definition) is 1. The van der Waals surface area contributed by atoms with Gasteiger partial charge in [0.15, 0.2) is 0 Å². The predicted octanol–water partition coefficient (Wildman–Crippen LogP) is 5.36. The summed E-state index contributed by atoms with van der Waals surface area (Å²) in [7, 11) is 0.360. The highest BCUT2D eigenvalue weighted by Gasteiger charge is 2.26. The second-order valence-corrected chi connectivity index (χ2v) is 10.7. The van der Waals surface area contributed by atoms with Crippen molar-refractivity contribution in [1.29, 1.82) is 5.26 Å². The van der Waals surface area contributed by atoms with Crippen LogP contribution in [0.1, 0.15) is 49.9 Å². The average molecular weight is 463 g/mol. The number of nitriles is 1. The zero-order chi connectivity index (χ0) is 23.4. The van der Waals surface area contributed by atoms with Crippen molar-refractivity contribution in [3.63, 3.8) is 0 Å². The SMILES string of the molecule is CC=S(C)CCNC1CCc2c(-c3noc(-c4ccc(OC(C)C)c(C#N)c4)n3)cccc21. The van der Waals surface area contributed by atoms with E-state index in [0.29, 0.717) is 45.1 Å². The summed E-state index contributed by atoms with van der Waals surface area (Å²) in [5.74, 6) is 2.71. The van der Waals surface area contributed by atoms with Gasteiger partial charge < -0.3 is 14.6 Å². The van der Waals surface area contributed by atoms with E-state index in [1.54, 1.807) is 12.1 Å². The Hall–Kier alpha value is -2.95. The van der Waals surface area contributed by atoms with Crippen molar-refractivity contribution in [2.45, 2.75) is 45.8 Å². The maximum Gasteiger partial charge on any atom is 0.258 e. The third-order valence-electron chi connectivity index (χ3n) is 5.86. The average Bonchev–Trinajstić information content (AvgIpc) is 3.46. The molecule has 0 amide bonds. The molecule has 0 saturated heterocycles. The van der Waals surface area contributed by atoms with Gasteiger partial charge in [-0.3, -0.25) is 0 Å². The largest absolute Gasteiger partial charge is 0.490 e. The summed E-state index contributed by atoms with van der Waals surface area (Å²) in [5.41, 5.74) is 4.79. The lowest BCUT2D eigenvalue weighted by Crippen LogP contribution is -2.22. The summed E-state index contributed by atoms with van der Waals surface area (Å²) < 4.78 is 11.3. The molecule has 7 heteroatoms. The van der Waals surface area contributed by atoms with Gasteiger partial charge in [-0.1, -0.05) is 28.7 Å². The van der Waals surface area contributed by atoms with E-state index < -0.39 is 0 Å². The van der Waals surface area contributed by atoms with Crippen LogP contribution in [-0.4, -0.2) is 40.2 Å². The summed E-state index contributed by atoms with van der Waals surface area (Å²) in [4.78, 5) is 4.66. The fourth-order valence-corrected chi connectivity index (χ4v) is 4.82. The normalized spacial score (nSPS) is 16.1. The van der Waals surface area contributed by atoms with Crippen molar-refractivity contribution in [2.24, 2.45) is 0 Å². The van der Waals surface area contributed by atoms with E-state index in [-0.39, 0.29) is 6.10 Å². The van der Waals surface area contributed by atoms with Gasteiger partial charge in [-0.15, -0.1) is 0 Å². The van der Waals surface area contributed by atoms with E-state index in [0.717, 1.165) is 24.9 Å². The molecule has 1 heterocycles. The van der Waals surface area contributed by atoms with Crippen LogP contribution in [0.15, 0.2) is 40.9 Å². The van der Waals surface area contributed by atoms with Crippen LogP contribution in [0.3, 0.4) is 0 Å². The summed E-state index contributed by atoms with van der Waals surface area (Å²) in [6.45, 7) is 7.02. The Balaban J connectivity index is 1.56. The van der Waals surface area contributed by atoms with Crippen LogP contribution in [0.4, 0.5) is 0 Å². The molecule has 33 heavy (non-hydrogen) atoms. The number of aromatic nitrogens is 2. The van der Waals surface area contributed by atoms with Gasteiger partial charge in [-0.2, -0.15) is 20.7 Å². The van der Waals surface area contributed by atoms with Gasteiger partial charge >= 0.3 is 0 Å². The first kappa shape index (κ1) is 23.2. The molecular weight excluding hydrogens is 432 g/mol. The molecule has 6 nitrogen and oxygen atoms in total. The van der Waals surface area contributed by atoms with Gasteiger partial charge in [0.25, 0.3) is 5.89 Å². The molecule has 1 aromatic heterocycles. The minimum Gasteiger partial charge on any atom is -0.490 e. The first-order valence-electron chi connectivity index (χ1n) is 11.3. The second-order valence-electron chi connectivity index (χ2n) is 8.46. The smallest absolute Gasteiger partial charge is 0.258 e. The Morgan fingerprint density at radius 1 is 1.33 bits per heavy atom. The van der Waals surface area contributed by atoms with Gasteiger partial charge in [0.05, 0.1) is 11.7 Å². The van der Waals surface area contributed by atoms with Gasteiger partial charge in [-0.25, -0.2) is 0 Å². The molecule has 0 fully saturated rings. The molecule has 2 aromatic carbocycles. The van der Waals surface area contributed by atoms with Gasteiger partial charge in [0.1, 0.15) is 11.8 Å². The molecule has 0 spiro atoms. The fourth-order valence-electron chi connectivity index (χ4n) is 4.15. The number of ether oxygens (including phenoxy) is 1. The van der Waals surface area contributed by atoms with E-state index in [9.17, 15) is 5.26 Å². The molecule has 0 bridgehead atoms. The van der Waals surface area contributed by atoms with E-state index in [1.807, 2.05) is 19.9 Å². The third-order valence-corrected chi connectivity index (χ3v) is 7.52. The minimum absolute atomic E-state index is 0.00903.